The monoisotopic (exact) mass is 317 g/mol. The van der Waals surface area contributed by atoms with Crippen LogP contribution in [0, 0.1) is 5.82 Å². The second-order valence-corrected chi connectivity index (χ2v) is 5.58. The number of aromatic nitrogens is 2. The van der Waals surface area contributed by atoms with Crippen LogP contribution in [0.25, 0.3) is 0 Å². The Hall–Kier alpha value is -2.05. The first-order chi connectivity index (χ1) is 11.6. The van der Waals surface area contributed by atoms with Gasteiger partial charge in [0, 0.05) is 40.4 Å². The summed E-state index contributed by atoms with van der Waals surface area (Å²) in [5.74, 6) is -0.360. The Morgan fingerprint density at radius 3 is 3.13 bits per heavy atom. The summed E-state index contributed by atoms with van der Waals surface area (Å²) in [6.45, 7) is 2.39. The molecule has 3 heterocycles. The van der Waals surface area contributed by atoms with E-state index in [0.29, 0.717) is 25.4 Å². The topological polar surface area (TPSA) is 50.3 Å². The second kappa shape index (κ2) is 7.48. The quantitative estimate of drug-likeness (QED) is 0.887. The maximum Gasteiger partial charge on any atom is 0.141 e. The summed E-state index contributed by atoms with van der Waals surface area (Å²) in [5.41, 5.74) is 2.76. The summed E-state index contributed by atoms with van der Waals surface area (Å²) >= 11 is 0. The molecule has 5 nitrogen and oxygen atoms in total. The standard InChI is InChI=1S/C17H21FN4O/c1-19-16-6-13(7-20-9-16)10-22-5-4-17(11-22)23-12-15-3-2-14(18)8-21-15/h2-3,6-9,17,19H,4-5,10-12H2,1H3/t17-/m0/s1/i4D/t4-,17-. The molecule has 1 aliphatic heterocycles. The molecular weight excluding hydrogens is 295 g/mol. The van der Waals surface area contributed by atoms with Crippen LogP contribution in [-0.4, -0.2) is 41.1 Å². The lowest BCUT2D eigenvalue weighted by Crippen LogP contribution is -2.23. The normalized spacial score (nSPS) is 22.1. The van der Waals surface area contributed by atoms with Gasteiger partial charge in [-0.05, 0) is 30.2 Å². The molecule has 0 aliphatic carbocycles. The maximum absolute atomic E-state index is 12.9. The Morgan fingerprint density at radius 2 is 2.35 bits per heavy atom. The lowest BCUT2D eigenvalue weighted by molar-refractivity contribution is 0.0442. The molecule has 23 heavy (non-hydrogen) atoms. The van der Waals surface area contributed by atoms with Crippen molar-refractivity contribution in [1.29, 1.82) is 0 Å². The number of ether oxygens (including phenoxy) is 1. The van der Waals surface area contributed by atoms with E-state index < -0.39 is 0 Å². The molecule has 0 unspecified atom stereocenters. The van der Waals surface area contributed by atoms with Crippen molar-refractivity contribution < 1.29 is 10.5 Å². The molecule has 1 N–H and O–H groups in total. The Bertz CT molecular complexity index is 670. The van der Waals surface area contributed by atoms with Crippen LogP contribution in [0.3, 0.4) is 0 Å². The number of anilines is 1. The van der Waals surface area contributed by atoms with Crippen LogP contribution < -0.4 is 5.32 Å². The predicted octanol–water partition coefficient (Wildman–Crippen LogP) is 2.45. The van der Waals surface area contributed by atoms with Gasteiger partial charge in [0.25, 0.3) is 0 Å². The van der Waals surface area contributed by atoms with Gasteiger partial charge < -0.3 is 10.1 Å². The number of nitrogens with zero attached hydrogens (tertiary/aromatic N) is 3. The Morgan fingerprint density at radius 1 is 1.43 bits per heavy atom. The fraction of sp³-hybridized carbons (Fsp3) is 0.412. The highest BCUT2D eigenvalue weighted by molar-refractivity contribution is 5.41. The van der Waals surface area contributed by atoms with E-state index in [1.54, 1.807) is 12.3 Å². The molecule has 2 atom stereocenters. The van der Waals surface area contributed by atoms with Gasteiger partial charge in [0.15, 0.2) is 0 Å². The number of hydrogen-bond donors (Lipinski definition) is 1. The zero-order valence-electron chi connectivity index (χ0n) is 14.1. The molecule has 2 aromatic rings. The fourth-order valence-corrected chi connectivity index (χ4v) is 2.57. The molecule has 2 aromatic heterocycles. The number of pyridine rings is 2. The summed E-state index contributed by atoms with van der Waals surface area (Å²) in [7, 11) is 1.86. The lowest BCUT2D eigenvalue weighted by Gasteiger charge is -2.16. The third-order valence-corrected chi connectivity index (χ3v) is 3.79. The fourth-order valence-electron chi connectivity index (χ4n) is 2.57. The molecule has 0 radical (unpaired) electrons. The molecule has 0 spiro atoms. The first-order valence-electron chi connectivity index (χ1n) is 8.20. The van der Waals surface area contributed by atoms with Crippen molar-refractivity contribution in [1.82, 2.24) is 14.9 Å². The van der Waals surface area contributed by atoms with Crippen molar-refractivity contribution in [3.63, 3.8) is 0 Å². The first kappa shape index (κ1) is 14.5. The average Bonchev–Trinajstić information content (AvgIpc) is 2.94. The number of hydrogen-bond acceptors (Lipinski definition) is 5. The van der Waals surface area contributed by atoms with Crippen LogP contribution in [0.2, 0.25) is 0 Å². The Labute approximate surface area is 136 Å². The van der Waals surface area contributed by atoms with Crippen LogP contribution in [0.1, 0.15) is 19.0 Å². The van der Waals surface area contributed by atoms with Gasteiger partial charge in [-0.2, -0.15) is 0 Å². The molecule has 122 valence electrons. The van der Waals surface area contributed by atoms with Crippen LogP contribution in [0.5, 0.6) is 0 Å². The molecule has 6 heteroatoms. The van der Waals surface area contributed by atoms with Gasteiger partial charge in [0.05, 0.1) is 30.3 Å². The number of halogens is 1. The lowest BCUT2D eigenvalue weighted by atomic mass is 10.2. The Kier molecular flexibility index (Phi) is 4.73. The van der Waals surface area contributed by atoms with Crippen molar-refractivity contribution in [3.05, 3.63) is 53.9 Å². The van der Waals surface area contributed by atoms with Crippen molar-refractivity contribution in [3.8, 4) is 0 Å². The smallest absolute Gasteiger partial charge is 0.141 e. The van der Waals surface area contributed by atoms with Gasteiger partial charge in [-0.15, -0.1) is 0 Å². The molecule has 0 aromatic carbocycles. The average molecular weight is 317 g/mol. The largest absolute Gasteiger partial charge is 0.387 e. The van der Waals surface area contributed by atoms with Gasteiger partial charge in [0.2, 0.25) is 0 Å². The first-order valence-corrected chi connectivity index (χ1v) is 7.62. The SMILES string of the molecule is [2H][C@H]1CN(Cc2cncc(NC)c2)C[C@H]1OCc1ccc(F)cn1. The third kappa shape index (κ3) is 4.46. The second-order valence-electron chi connectivity index (χ2n) is 5.58. The molecule has 0 saturated carbocycles. The molecule has 1 saturated heterocycles. The molecule has 3 rings (SSSR count). The molecular formula is C17H21FN4O. The summed E-state index contributed by atoms with van der Waals surface area (Å²) in [5, 5.41) is 3.08. The zero-order valence-corrected chi connectivity index (χ0v) is 13.1. The van der Waals surface area contributed by atoms with E-state index in [1.165, 1.54) is 12.3 Å². The zero-order chi connectivity index (χ0) is 16.9. The summed E-state index contributed by atoms with van der Waals surface area (Å²) in [4.78, 5) is 10.4. The predicted molar refractivity (Wildman–Crippen MR) is 86.4 cm³/mol. The minimum absolute atomic E-state index is 0.169. The summed E-state index contributed by atoms with van der Waals surface area (Å²) in [6.07, 6.45) is 4.33. The van der Waals surface area contributed by atoms with E-state index in [2.05, 4.69) is 26.3 Å². The number of nitrogens with one attached hydrogen (secondary N) is 1. The molecule has 0 bridgehead atoms. The number of likely N-dealkylation sites (tertiary alicyclic amines) is 1. The van der Waals surface area contributed by atoms with Gasteiger partial charge >= 0.3 is 0 Å². The molecule has 1 fully saturated rings. The van der Waals surface area contributed by atoms with Crippen molar-refractivity contribution in [2.75, 3.05) is 25.5 Å². The molecule has 0 amide bonds. The summed E-state index contributed by atoms with van der Waals surface area (Å²) < 4.78 is 26.9. The highest BCUT2D eigenvalue weighted by Crippen LogP contribution is 2.18. The number of rotatable bonds is 6. The minimum Gasteiger partial charge on any atom is -0.387 e. The van der Waals surface area contributed by atoms with E-state index in [0.717, 1.165) is 17.8 Å². The van der Waals surface area contributed by atoms with Crippen LogP contribution in [-0.2, 0) is 17.9 Å². The van der Waals surface area contributed by atoms with Gasteiger partial charge in [0.1, 0.15) is 5.82 Å². The maximum atomic E-state index is 12.9. The summed E-state index contributed by atoms with van der Waals surface area (Å²) in [6, 6.07) is 5.03. The van der Waals surface area contributed by atoms with Gasteiger partial charge in [-0.25, -0.2) is 4.39 Å². The minimum atomic E-state index is -0.360. The van der Waals surface area contributed by atoms with E-state index >= 15 is 0 Å². The van der Waals surface area contributed by atoms with Gasteiger partial charge in [-0.3, -0.25) is 14.9 Å². The third-order valence-electron chi connectivity index (χ3n) is 3.79. The van der Waals surface area contributed by atoms with E-state index in [1.807, 2.05) is 13.2 Å². The van der Waals surface area contributed by atoms with Crippen molar-refractivity contribution in [2.24, 2.45) is 0 Å². The van der Waals surface area contributed by atoms with Crippen molar-refractivity contribution >= 4 is 5.69 Å². The van der Waals surface area contributed by atoms with Gasteiger partial charge in [-0.1, -0.05) is 0 Å². The highest BCUT2D eigenvalue weighted by atomic mass is 19.1. The van der Waals surface area contributed by atoms with Crippen LogP contribution in [0.15, 0.2) is 36.8 Å². The van der Waals surface area contributed by atoms with Crippen molar-refractivity contribution in [2.45, 2.75) is 25.7 Å². The molecule has 1 aliphatic rings. The highest BCUT2D eigenvalue weighted by Gasteiger charge is 2.23. The van der Waals surface area contributed by atoms with E-state index in [9.17, 15) is 4.39 Å². The van der Waals surface area contributed by atoms with Crippen LogP contribution in [0.4, 0.5) is 10.1 Å². The van der Waals surface area contributed by atoms with E-state index in [4.69, 9.17) is 6.11 Å². The Balaban J connectivity index is 1.53. The van der Waals surface area contributed by atoms with Crippen LogP contribution >= 0.6 is 0 Å². The van der Waals surface area contributed by atoms with E-state index in [-0.39, 0.29) is 18.3 Å².